The van der Waals surface area contributed by atoms with E-state index in [1.807, 2.05) is 6.92 Å². The first-order valence-electron chi connectivity index (χ1n) is 9.85. The second-order valence-corrected chi connectivity index (χ2v) is 8.00. The molecule has 0 bridgehead atoms. The quantitative estimate of drug-likeness (QED) is 0.544. The van der Waals surface area contributed by atoms with Crippen molar-refractivity contribution in [2.24, 2.45) is 7.05 Å². The van der Waals surface area contributed by atoms with E-state index in [0.29, 0.717) is 23.1 Å². The van der Waals surface area contributed by atoms with Crippen LogP contribution in [0.25, 0.3) is 11.1 Å². The van der Waals surface area contributed by atoms with Crippen LogP contribution in [0.15, 0.2) is 53.5 Å². The molecule has 166 valence electrons. The van der Waals surface area contributed by atoms with Crippen LogP contribution in [0, 0.1) is 0 Å². The van der Waals surface area contributed by atoms with Gasteiger partial charge in [-0.1, -0.05) is 60.5 Å². The number of aromatic nitrogens is 2. The Hall–Kier alpha value is -3.16. The van der Waals surface area contributed by atoms with Crippen molar-refractivity contribution >= 4 is 35.1 Å². The van der Waals surface area contributed by atoms with Crippen molar-refractivity contribution in [2.75, 3.05) is 0 Å². The van der Waals surface area contributed by atoms with Gasteiger partial charge in [0.25, 0.3) is 11.5 Å². The Morgan fingerprint density at radius 3 is 2.31 bits per heavy atom. The summed E-state index contributed by atoms with van der Waals surface area (Å²) in [5.41, 5.74) is 2.60. The average Bonchev–Trinajstić information content (AvgIpc) is 2.75. The third-order valence-electron chi connectivity index (χ3n) is 5.07. The molecule has 1 amide bonds. The van der Waals surface area contributed by atoms with E-state index >= 15 is 0 Å². The zero-order chi connectivity index (χ0) is 23.4. The Morgan fingerprint density at radius 2 is 1.75 bits per heavy atom. The van der Waals surface area contributed by atoms with Gasteiger partial charge in [0.05, 0.1) is 27.4 Å². The van der Waals surface area contributed by atoms with Crippen LogP contribution in [-0.4, -0.2) is 32.8 Å². The van der Waals surface area contributed by atoms with Gasteiger partial charge in [0.1, 0.15) is 6.04 Å². The van der Waals surface area contributed by atoms with Gasteiger partial charge in [-0.2, -0.15) is 5.10 Å². The minimum Gasteiger partial charge on any atom is -0.480 e. The fraction of sp³-hybridized carbons (Fsp3) is 0.217. The molecule has 9 heteroatoms. The largest absolute Gasteiger partial charge is 0.480 e. The topological polar surface area (TPSA) is 101 Å². The summed E-state index contributed by atoms with van der Waals surface area (Å²) in [5, 5.41) is 16.4. The Labute approximate surface area is 194 Å². The van der Waals surface area contributed by atoms with Crippen LogP contribution in [0.3, 0.4) is 0 Å². The smallest absolute Gasteiger partial charge is 0.326 e. The number of nitrogens with one attached hydrogen (secondary N) is 1. The molecule has 2 N–H and O–H groups in total. The van der Waals surface area contributed by atoms with Gasteiger partial charge >= 0.3 is 5.97 Å². The molecule has 0 spiro atoms. The highest BCUT2D eigenvalue weighted by atomic mass is 35.5. The number of carbonyl (C=O) groups is 2. The highest BCUT2D eigenvalue weighted by Crippen LogP contribution is 2.25. The third kappa shape index (κ3) is 5.00. The van der Waals surface area contributed by atoms with Gasteiger partial charge in [-0.05, 0) is 35.2 Å². The van der Waals surface area contributed by atoms with Gasteiger partial charge in [-0.25, -0.2) is 9.48 Å². The van der Waals surface area contributed by atoms with Crippen LogP contribution < -0.4 is 10.9 Å². The van der Waals surface area contributed by atoms with Crippen molar-refractivity contribution in [1.29, 1.82) is 0 Å². The van der Waals surface area contributed by atoms with Crippen molar-refractivity contribution in [2.45, 2.75) is 25.8 Å². The van der Waals surface area contributed by atoms with Crippen LogP contribution in [-0.2, 0) is 24.7 Å². The molecule has 0 radical (unpaired) electrons. The van der Waals surface area contributed by atoms with Gasteiger partial charge in [0.15, 0.2) is 0 Å². The Morgan fingerprint density at radius 1 is 1.12 bits per heavy atom. The lowest BCUT2D eigenvalue weighted by Gasteiger charge is -2.16. The first-order valence-corrected chi connectivity index (χ1v) is 10.6. The van der Waals surface area contributed by atoms with E-state index in [0.717, 1.165) is 5.56 Å². The number of amides is 1. The normalized spacial score (nSPS) is 11.8. The Balaban J connectivity index is 1.83. The molecule has 0 aliphatic rings. The van der Waals surface area contributed by atoms with E-state index in [-0.39, 0.29) is 27.6 Å². The number of benzene rings is 2. The van der Waals surface area contributed by atoms with E-state index in [2.05, 4.69) is 10.4 Å². The third-order valence-corrected chi connectivity index (χ3v) is 5.70. The molecule has 0 aliphatic carbocycles. The lowest BCUT2D eigenvalue weighted by atomic mass is 9.98. The monoisotopic (exact) mass is 473 g/mol. The van der Waals surface area contributed by atoms with Gasteiger partial charge < -0.3 is 10.4 Å². The summed E-state index contributed by atoms with van der Waals surface area (Å²) in [5.74, 6) is -1.86. The molecule has 1 heterocycles. The van der Waals surface area contributed by atoms with E-state index in [4.69, 9.17) is 23.2 Å². The summed E-state index contributed by atoms with van der Waals surface area (Å²) < 4.78 is 1.28. The number of carboxylic acid groups (broad SMARTS) is 1. The van der Waals surface area contributed by atoms with E-state index in [1.54, 1.807) is 43.6 Å². The van der Waals surface area contributed by atoms with Crippen molar-refractivity contribution in [3.63, 3.8) is 0 Å². The second-order valence-electron chi connectivity index (χ2n) is 7.19. The van der Waals surface area contributed by atoms with Gasteiger partial charge in [-0.15, -0.1) is 0 Å². The fourth-order valence-electron chi connectivity index (χ4n) is 3.34. The number of carboxylic acids is 1. The number of hydrogen-bond acceptors (Lipinski definition) is 4. The lowest BCUT2D eigenvalue weighted by Crippen LogP contribution is -2.42. The summed E-state index contributed by atoms with van der Waals surface area (Å²) >= 11 is 12.1. The van der Waals surface area contributed by atoms with E-state index < -0.39 is 17.9 Å². The minimum atomic E-state index is -1.19. The molecular weight excluding hydrogens is 453 g/mol. The number of carbonyl (C=O) groups excluding carboxylic acids is 1. The SMILES string of the molecule is CCc1cnn(C)c(=O)c1-c1ccc(C[C@H](NC(=O)c2c(Cl)cccc2Cl)C(=O)O)cc1. The van der Waals surface area contributed by atoms with Crippen molar-refractivity contribution in [1.82, 2.24) is 15.1 Å². The molecule has 0 fully saturated rings. The zero-order valence-corrected chi connectivity index (χ0v) is 18.9. The van der Waals surface area contributed by atoms with Crippen molar-refractivity contribution in [3.05, 3.63) is 85.8 Å². The predicted octanol–water partition coefficient (Wildman–Crippen LogP) is 3.74. The van der Waals surface area contributed by atoms with Crippen molar-refractivity contribution in [3.8, 4) is 11.1 Å². The molecule has 3 rings (SSSR count). The maximum absolute atomic E-state index is 12.6. The van der Waals surface area contributed by atoms with Crippen LogP contribution in [0.5, 0.6) is 0 Å². The van der Waals surface area contributed by atoms with Crippen LogP contribution >= 0.6 is 23.2 Å². The lowest BCUT2D eigenvalue weighted by molar-refractivity contribution is -0.139. The molecule has 7 nitrogen and oxygen atoms in total. The molecule has 0 unspecified atom stereocenters. The molecule has 0 saturated carbocycles. The molecule has 1 atom stereocenters. The molecule has 1 aromatic heterocycles. The molecule has 0 saturated heterocycles. The number of aliphatic carboxylic acids is 1. The Kier molecular flexibility index (Phi) is 7.33. The maximum atomic E-state index is 12.6. The molecule has 3 aromatic rings. The van der Waals surface area contributed by atoms with Gasteiger partial charge in [0, 0.05) is 13.5 Å². The summed E-state index contributed by atoms with van der Waals surface area (Å²) in [6.07, 6.45) is 2.36. The first kappa shape index (κ1) is 23.5. The molecule has 0 aliphatic heterocycles. The van der Waals surface area contributed by atoms with Crippen molar-refractivity contribution < 1.29 is 14.7 Å². The summed E-state index contributed by atoms with van der Waals surface area (Å²) in [6, 6.07) is 10.4. The van der Waals surface area contributed by atoms with E-state index in [1.165, 1.54) is 16.8 Å². The summed E-state index contributed by atoms with van der Waals surface area (Å²) in [6.45, 7) is 1.94. The number of hydrogen-bond donors (Lipinski definition) is 2. The van der Waals surface area contributed by atoms with Crippen LogP contribution in [0.2, 0.25) is 10.0 Å². The Bertz CT molecular complexity index is 1200. The highest BCUT2D eigenvalue weighted by Gasteiger charge is 2.24. The first-order chi connectivity index (χ1) is 15.2. The van der Waals surface area contributed by atoms with E-state index in [9.17, 15) is 19.5 Å². The average molecular weight is 474 g/mol. The molecular formula is C23H21Cl2N3O4. The summed E-state index contributed by atoms with van der Waals surface area (Å²) in [7, 11) is 1.59. The second kappa shape index (κ2) is 9.97. The minimum absolute atomic E-state index is 0.0260. The maximum Gasteiger partial charge on any atom is 0.326 e. The summed E-state index contributed by atoms with van der Waals surface area (Å²) in [4.78, 5) is 36.9. The standard InChI is InChI=1S/C23H21Cl2N3O4/c1-3-14-12-26-28(2)22(30)19(14)15-9-7-13(8-10-15)11-18(23(31)32)27-21(29)20-16(24)5-4-6-17(20)25/h4-10,12,18H,3,11H2,1-2H3,(H,27,29)(H,31,32)/t18-/m0/s1. The van der Waals surface area contributed by atoms with Crippen LogP contribution in [0.1, 0.15) is 28.4 Å². The number of rotatable bonds is 7. The predicted molar refractivity (Wildman–Crippen MR) is 123 cm³/mol. The number of nitrogens with zero attached hydrogens (tertiary/aromatic N) is 2. The highest BCUT2D eigenvalue weighted by molar-refractivity contribution is 6.39. The number of aryl methyl sites for hydroxylation is 2. The van der Waals surface area contributed by atoms with Gasteiger partial charge in [0.2, 0.25) is 0 Å². The molecule has 32 heavy (non-hydrogen) atoms. The van der Waals surface area contributed by atoms with Crippen LogP contribution in [0.4, 0.5) is 0 Å². The number of halogens is 2. The zero-order valence-electron chi connectivity index (χ0n) is 17.4. The molecule has 2 aromatic carbocycles. The van der Waals surface area contributed by atoms with Gasteiger partial charge in [-0.3, -0.25) is 9.59 Å². The fourth-order valence-corrected chi connectivity index (χ4v) is 3.91.